The summed E-state index contributed by atoms with van der Waals surface area (Å²) < 4.78 is 15.0. The molecule has 0 aliphatic rings. The lowest BCUT2D eigenvalue weighted by Gasteiger charge is -2.08. The highest BCUT2D eigenvalue weighted by molar-refractivity contribution is 6.03. The number of rotatable bonds is 3. The summed E-state index contributed by atoms with van der Waals surface area (Å²) in [5.41, 5.74) is 2.85. The van der Waals surface area contributed by atoms with E-state index in [9.17, 15) is 9.18 Å². The Balaban J connectivity index is 1.92. The zero-order valence-electron chi connectivity index (χ0n) is 12.3. The van der Waals surface area contributed by atoms with Gasteiger partial charge < -0.3 is 5.32 Å². The van der Waals surface area contributed by atoms with Gasteiger partial charge >= 0.3 is 0 Å². The first-order chi connectivity index (χ1) is 10.6. The van der Waals surface area contributed by atoms with Gasteiger partial charge in [-0.1, -0.05) is 6.92 Å². The van der Waals surface area contributed by atoms with Gasteiger partial charge in [-0.3, -0.25) is 4.79 Å². The second kappa shape index (κ2) is 5.55. The van der Waals surface area contributed by atoms with E-state index in [0.717, 1.165) is 12.1 Å². The summed E-state index contributed by atoms with van der Waals surface area (Å²) >= 11 is 0. The summed E-state index contributed by atoms with van der Waals surface area (Å²) in [6.07, 6.45) is 2.38. The summed E-state index contributed by atoms with van der Waals surface area (Å²) in [5, 5.41) is 6.91. The normalized spacial score (nSPS) is 10.9. The van der Waals surface area contributed by atoms with Gasteiger partial charge in [-0.15, -0.1) is 0 Å². The molecule has 3 rings (SSSR count). The molecule has 6 heteroatoms. The fourth-order valence-electron chi connectivity index (χ4n) is 2.26. The molecule has 2 heterocycles. The van der Waals surface area contributed by atoms with Crippen molar-refractivity contribution in [2.45, 2.75) is 20.3 Å². The minimum Gasteiger partial charge on any atom is -0.321 e. The average Bonchev–Trinajstić information content (AvgIpc) is 2.98. The van der Waals surface area contributed by atoms with Crippen LogP contribution >= 0.6 is 0 Å². The number of aryl methyl sites for hydroxylation is 2. The molecule has 5 nitrogen and oxygen atoms in total. The van der Waals surface area contributed by atoms with Crippen molar-refractivity contribution in [3.05, 3.63) is 59.3 Å². The van der Waals surface area contributed by atoms with E-state index in [1.54, 1.807) is 35.8 Å². The van der Waals surface area contributed by atoms with E-state index in [2.05, 4.69) is 15.4 Å². The molecular formula is C16H15FN4O. The smallest absolute Gasteiger partial charge is 0.274 e. The zero-order valence-corrected chi connectivity index (χ0v) is 12.3. The van der Waals surface area contributed by atoms with E-state index >= 15 is 0 Å². The van der Waals surface area contributed by atoms with E-state index in [-0.39, 0.29) is 11.7 Å². The monoisotopic (exact) mass is 298 g/mol. The zero-order chi connectivity index (χ0) is 15.7. The van der Waals surface area contributed by atoms with E-state index in [4.69, 9.17) is 0 Å². The van der Waals surface area contributed by atoms with Crippen molar-refractivity contribution >= 4 is 17.2 Å². The standard InChI is InChI=1S/C16H15FN4O/c1-3-12-9-14(20-15-6-7-18-21(12)15)16(22)19-11-4-5-13(17)10(2)8-11/h4-9H,3H2,1-2H3,(H,19,22). The maximum Gasteiger partial charge on any atom is 0.274 e. The number of carbonyl (C=O) groups excluding carboxylic acids is 1. The van der Waals surface area contributed by atoms with Crippen molar-refractivity contribution in [2.24, 2.45) is 0 Å². The molecule has 1 N–H and O–H groups in total. The predicted octanol–water partition coefficient (Wildman–Crippen LogP) is 2.99. The molecule has 2 aromatic heterocycles. The third-order valence-electron chi connectivity index (χ3n) is 3.44. The Morgan fingerprint density at radius 1 is 1.32 bits per heavy atom. The molecule has 0 fully saturated rings. The topological polar surface area (TPSA) is 59.3 Å². The highest BCUT2D eigenvalue weighted by Gasteiger charge is 2.12. The van der Waals surface area contributed by atoms with E-state index < -0.39 is 0 Å². The second-order valence-electron chi connectivity index (χ2n) is 5.01. The number of hydrogen-bond acceptors (Lipinski definition) is 3. The molecule has 0 aliphatic carbocycles. The van der Waals surface area contributed by atoms with Crippen LogP contribution in [0.15, 0.2) is 36.5 Å². The maximum atomic E-state index is 13.3. The van der Waals surface area contributed by atoms with Crippen LogP contribution in [0.5, 0.6) is 0 Å². The van der Waals surface area contributed by atoms with Crippen molar-refractivity contribution in [3.63, 3.8) is 0 Å². The minimum atomic E-state index is -0.329. The first-order valence-corrected chi connectivity index (χ1v) is 6.99. The second-order valence-corrected chi connectivity index (χ2v) is 5.01. The van der Waals surface area contributed by atoms with Gasteiger partial charge in [0.15, 0.2) is 5.65 Å². The Kier molecular flexibility index (Phi) is 3.58. The third kappa shape index (κ3) is 2.55. The molecule has 3 aromatic rings. The van der Waals surface area contributed by atoms with Crippen molar-refractivity contribution in [1.82, 2.24) is 14.6 Å². The van der Waals surface area contributed by atoms with Crippen LogP contribution < -0.4 is 5.32 Å². The molecule has 0 unspecified atom stereocenters. The summed E-state index contributed by atoms with van der Waals surface area (Å²) in [4.78, 5) is 16.6. The first kappa shape index (κ1) is 14.2. The molecule has 1 amide bonds. The van der Waals surface area contributed by atoms with Crippen LogP contribution in [-0.4, -0.2) is 20.5 Å². The van der Waals surface area contributed by atoms with Crippen LogP contribution in [0.25, 0.3) is 5.65 Å². The fraction of sp³-hybridized carbons (Fsp3) is 0.188. The number of halogens is 1. The summed E-state index contributed by atoms with van der Waals surface area (Å²) in [6.45, 7) is 3.64. The number of anilines is 1. The van der Waals surface area contributed by atoms with Gasteiger partial charge in [-0.05, 0) is 43.2 Å². The molecule has 1 aromatic carbocycles. The van der Waals surface area contributed by atoms with Crippen LogP contribution in [0, 0.1) is 12.7 Å². The number of fused-ring (bicyclic) bond motifs is 1. The average molecular weight is 298 g/mol. The lowest BCUT2D eigenvalue weighted by Crippen LogP contribution is -2.16. The van der Waals surface area contributed by atoms with Gasteiger partial charge in [0.05, 0.1) is 6.20 Å². The number of hydrogen-bond donors (Lipinski definition) is 1. The molecule has 0 spiro atoms. The van der Waals surface area contributed by atoms with Gasteiger partial charge in [-0.2, -0.15) is 5.10 Å². The lowest BCUT2D eigenvalue weighted by molar-refractivity contribution is 0.102. The molecule has 112 valence electrons. The molecule has 0 radical (unpaired) electrons. The number of carbonyl (C=O) groups is 1. The van der Waals surface area contributed by atoms with Crippen LogP contribution in [0.1, 0.15) is 28.7 Å². The number of amides is 1. The van der Waals surface area contributed by atoms with Gasteiger partial charge in [0.25, 0.3) is 5.91 Å². The summed E-state index contributed by atoms with van der Waals surface area (Å²) in [5.74, 6) is -0.630. The highest BCUT2D eigenvalue weighted by atomic mass is 19.1. The minimum absolute atomic E-state index is 0.301. The van der Waals surface area contributed by atoms with Crippen molar-refractivity contribution in [2.75, 3.05) is 5.32 Å². The lowest BCUT2D eigenvalue weighted by atomic mass is 10.2. The van der Waals surface area contributed by atoms with Gasteiger partial charge in [0.2, 0.25) is 0 Å². The van der Waals surface area contributed by atoms with Gasteiger partial charge in [0.1, 0.15) is 11.5 Å². The molecule has 0 saturated carbocycles. The van der Waals surface area contributed by atoms with E-state index in [1.807, 2.05) is 6.92 Å². The molecule has 0 saturated heterocycles. The van der Waals surface area contributed by atoms with Gasteiger partial charge in [0, 0.05) is 17.4 Å². The number of benzene rings is 1. The SMILES string of the molecule is CCc1cc(C(=O)Nc2ccc(F)c(C)c2)nc2ccnn12. The Labute approximate surface area is 126 Å². The fourth-order valence-corrected chi connectivity index (χ4v) is 2.26. The van der Waals surface area contributed by atoms with Crippen LogP contribution in [-0.2, 0) is 6.42 Å². The summed E-state index contributed by atoms with van der Waals surface area (Å²) in [7, 11) is 0. The van der Waals surface area contributed by atoms with Crippen molar-refractivity contribution < 1.29 is 9.18 Å². The number of nitrogens with zero attached hydrogens (tertiary/aromatic N) is 3. The number of aromatic nitrogens is 3. The molecule has 0 bridgehead atoms. The maximum absolute atomic E-state index is 13.3. The van der Waals surface area contributed by atoms with E-state index in [1.165, 1.54) is 12.1 Å². The largest absolute Gasteiger partial charge is 0.321 e. The molecule has 22 heavy (non-hydrogen) atoms. The van der Waals surface area contributed by atoms with Crippen LogP contribution in [0.4, 0.5) is 10.1 Å². The molecular weight excluding hydrogens is 283 g/mol. The Morgan fingerprint density at radius 2 is 2.14 bits per heavy atom. The molecule has 0 aliphatic heterocycles. The Bertz CT molecular complexity index is 856. The third-order valence-corrected chi connectivity index (χ3v) is 3.44. The van der Waals surface area contributed by atoms with E-state index in [0.29, 0.717) is 22.6 Å². The Morgan fingerprint density at radius 3 is 2.86 bits per heavy atom. The summed E-state index contributed by atoms with van der Waals surface area (Å²) in [6, 6.07) is 7.91. The van der Waals surface area contributed by atoms with Gasteiger partial charge in [-0.25, -0.2) is 13.9 Å². The Hall–Kier alpha value is -2.76. The number of nitrogens with one attached hydrogen (secondary N) is 1. The van der Waals surface area contributed by atoms with Crippen molar-refractivity contribution in [3.8, 4) is 0 Å². The first-order valence-electron chi connectivity index (χ1n) is 6.99. The predicted molar refractivity (Wildman–Crippen MR) is 81.5 cm³/mol. The van der Waals surface area contributed by atoms with Crippen molar-refractivity contribution in [1.29, 1.82) is 0 Å². The quantitative estimate of drug-likeness (QED) is 0.808. The highest BCUT2D eigenvalue weighted by Crippen LogP contribution is 2.15. The van der Waals surface area contributed by atoms with Crippen LogP contribution in [0.2, 0.25) is 0 Å². The van der Waals surface area contributed by atoms with Crippen LogP contribution in [0.3, 0.4) is 0 Å². The molecule has 0 atom stereocenters.